The van der Waals surface area contributed by atoms with Gasteiger partial charge in [-0.3, -0.25) is 4.79 Å². The molecule has 74 valence electrons. The van der Waals surface area contributed by atoms with Crippen LogP contribution in [-0.4, -0.2) is 11.1 Å². The Balaban J connectivity index is 2.27. The highest BCUT2D eigenvalue weighted by Crippen LogP contribution is 2.49. The molecule has 0 radical (unpaired) electrons. The van der Waals surface area contributed by atoms with Crippen molar-refractivity contribution in [1.82, 2.24) is 0 Å². The largest absolute Gasteiger partial charge is 0.481 e. The van der Waals surface area contributed by atoms with Crippen molar-refractivity contribution in [3.05, 3.63) is 33.8 Å². The molecule has 0 heterocycles. The lowest BCUT2D eigenvalue weighted by atomic mass is 10.0. The second-order valence-electron chi connectivity index (χ2n) is 3.74. The molecule has 0 saturated heterocycles. The van der Waals surface area contributed by atoms with E-state index in [9.17, 15) is 4.79 Å². The fraction of sp³-hybridized carbons (Fsp3) is 0.364. The van der Waals surface area contributed by atoms with Crippen LogP contribution in [0.3, 0.4) is 0 Å². The summed E-state index contributed by atoms with van der Waals surface area (Å²) in [5.41, 5.74) is 2.34. The van der Waals surface area contributed by atoms with Gasteiger partial charge in [-0.25, -0.2) is 0 Å². The van der Waals surface area contributed by atoms with E-state index in [-0.39, 0.29) is 11.8 Å². The molecule has 1 aliphatic rings. The lowest BCUT2D eigenvalue weighted by molar-refractivity contribution is -0.138. The summed E-state index contributed by atoms with van der Waals surface area (Å²) in [6.07, 6.45) is 0.784. The van der Waals surface area contributed by atoms with Gasteiger partial charge in [-0.1, -0.05) is 28.1 Å². The van der Waals surface area contributed by atoms with Crippen molar-refractivity contribution in [3.63, 3.8) is 0 Å². The highest BCUT2D eigenvalue weighted by molar-refractivity contribution is 9.10. The van der Waals surface area contributed by atoms with Gasteiger partial charge in [0.25, 0.3) is 0 Å². The van der Waals surface area contributed by atoms with Crippen LogP contribution in [0, 0.1) is 12.8 Å². The number of rotatable bonds is 2. The number of aliphatic carboxylic acids is 1. The Labute approximate surface area is 91.1 Å². The molecule has 1 aromatic rings. The maximum Gasteiger partial charge on any atom is 0.307 e. The average molecular weight is 255 g/mol. The molecule has 0 aliphatic heterocycles. The molecule has 0 unspecified atom stereocenters. The number of benzene rings is 1. The average Bonchev–Trinajstić information content (AvgIpc) is 2.89. The van der Waals surface area contributed by atoms with Crippen molar-refractivity contribution in [2.24, 2.45) is 5.92 Å². The third kappa shape index (κ3) is 1.57. The first-order valence-corrected chi connectivity index (χ1v) is 5.38. The molecule has 0 aromatic heterocycles. The van der Waals surface area contributed by atoms with E-state index < -0.39 is 5.97 Å². The summed E-state index contributed by atoms with van der Waals surface area (Å²) in [6.45, 7) is 2.02. The predicted molar refractivity (Wildman–Crippen MR) is 57.4 cm³/mol. The smallest absolute Gasteiger partial charge is 0.307 e. The van der Waals surface area contributed by atoms with Crippen molar-refractivity contribution < 1.29 is 9.90 Å². The van der Waals surface area contributed by atoms with Crippen LogP contribution >= 0.6 is 15.9 Å². The van der Waals surface area contributed by atoms with Crippen LogP contribution in [-0.2, 0) is 4.79 Å². The second kappa shape index (κ2) is 3.39. The SMILES string of the molecule is Cc1c(Br)cccc1[C@@H]1C[C@H]1C(=O)O. The van der Waals surface area contributed by atoms with E-state index in [1.165, 1.54) is 11.1 Å². The highest BCUT2D eigenvalue weighted by Gasteiger charge is 2.44. The van der Waals surface area contributed by atoms with Crippen LogP contribution in [0.15, 0.2) is 22.7 Å². The Morgan fingerprint density at radius 1 is 1.57 bits per heavy atom. The van der Waals surface area contributed by atoms with Crippen molar-refractivity contribution >= 4 is 21.9 Å². The standard InChI is InChI=1S/C11H11BrO2/c1-6-7(3-2-4-10(6)12)8-5-9(8)11(13)14/h2-4,8-9H,5H2,1H3,(H,13,14)/t8-,9+/m0/s1. The number of halogens is 1. The summed E-state index contributed by atoms with van der Waals surface area (Å²) in [6, 6.07) is 5.97. The summed E-state index contributed by atoms with van der Waals surface area (Å²) < 4.78 is 1.06. The summed E-state index contributed by atoms with van der Waals surface area (Å²) in [4.78, 5) is 10.7. The number of carboxylic acids is 1. The lowest BCUT2D eigenvalue weighted by Crippen LogP contribution is -1.99. The van der Waals surface area contributed by atoms with Crippen molar-refractivity contribution in [3.8, 4) is 0 Å². The maximum atomic E-state index is 10.7. The fourth-order valence-electron chi connectivity index (χ4n) is 1.84. The minimum Gasteiger partial charge on any atom is -0.481 e. The zero-order chi connectivity index (χ0) is 10.3. The van der Waals surface area contributed by atoms with Crippen molar-refractivity contribution in [2.45, 2.75) is 19.3 Å². The molecule has 3 heteroatoms. The van der Waals surface area contributed by atoms with Gasteiger partial charge in [-0.2, -0.15) is 0 Å². The minimum absolute atomic E-state index is 0.164. The van der Waals surface area contributed by atoms with Crippen LogP contribution in [0.2, 0.25) is 0 Å². The molecule has 2 rings (SSSR count). The molecule has 0 amide bonds. The van der Waals surface area contributed by atoms with Gasteiger partial charge in [0.1, 0.15) is 0 Å². The third-order valence-corrected chi connectivity index (χ3v) is 3.68. The lowest BCUT2D eigenvalue weighted by Gasteiger charge is -2.05. The monoisotopic (exact) mass is 254 g/mol. The highest BCUT2D eigenvalue weighted by atomic mass is 79.9. The quantitative estimate of drug-likeness (QED) is 0.882. The number of hydrogen-bond donors (Lipinski definition) is 1. The predicted octanol–water partition coefficient (Wildman–Crippen LogP) is 2.95. The zero-order valence-electron chi connectivity index (χ0n) is 7.83. The molecule has 0 spiro atoms. The Morgan fingerprint density at radius 3 is 2.86 bits per heavy atom. The van der Waals surface area contributed by atoms with Crippen molar-refractivity contribution in [1.29, 1.82) is 0 Å². The molecule has 1 N–H and O–H groups in total. The van der Waals surface area contributed by atoms with Crippen LogP contribution in [0.5, 0.6) is 0 Å². The molecular formula is C11H11BrO2. The van der Waals surface area contributed by atoms with E-state index in [0.29, 0.717) is 0 Å². The normalized spacial score (nSPS) is 24.7. The number of carboxylic acid groups (broad SMARTS) is 1. The first-order valence-electron chi connectivity index (χ1n) is 4.59. The van der Waals surface area contributed by atoms with Gasteiger partial charge in [0.05, 0.1) is 5.92 Å². The fourth-order valence-corrected chi connectivity index (χ4v) is 2.22. The molecule has 2 nitrogen and oxygen atoms in total. The van der Waals surface area contributed by atoms with E-state index >= 15 is 0 Å². The first kappa shape index (κ1) is 9.71. The summed E-state index contributed by atoms with van der Waals surface area (Å²) in [7, 11) is 0. The van der Waals surface area contributed by atoms with E-state index in [1.54, 1.807) is 0 Å². The number of hydrogen-bond acceptors (Lipinski definition) is 1. The van der Waals surface area contributed by atoms with E-state index in [1.807, 2.05) is 25.1 Å². The van der Waals surface area contributed by atoms with Crippen LogP contribution in [0.4, 0.5) is 0 Å². The molecule has 2 atom stereocenters. The van der Waals surface area contributed by atoms with E-state index in [2.05, 4.69) is 15.9 Å². The molecule has 1 aliphatic carbocycles. The second-order valence-corrected chi connectivity index (χ2v) is 4.60. The molecule has 1 saturated carbocycles. The molecule has 0 bridgehead atoms. The molecule has 14 heavy (non-hydrogen) atoms. The van der Waals surface area contributed by atoms with Crippen LogP contribution in [0.1, 0.15) is 23.5 Å². The van der Waals surface area contributed by atoms with Gasteiger partial charge in [0.15, 0.2) is 0 Å². The van der Waals surface area contributed by atoms with Gasteiger partial charge in [-0.15, -0.1) is 0 Å². The Kier molecular flexibility index (Phi) is 2.35. The van der Waals surface area contributed by atoms with Crippen LogP contribution in [0.25, 0.3) is 0 Å². The Hall–Kier alpha value is -0.830. The molecule has 1 fully saturated rings. The summed E-state index contributed by atoms with van der Waals surface area (Å²) in [5.74, 6) is -0.609. The topological polar surface area (TPSA) is 37.3 Å². The van der Waals surface area contributed by atoms with Gasteiger partial charge in [0, 0.05) is 4.47 Å². The van der Waals surface area contributed by atoms with E-state index in [0.717, 1.165) is 10.9 Å². The molecular weight excluding hydrogens is 244 g/mol. The van der Waals surface area contributed by atoms with Crippen molar-refractivity contribution in [2.75, 3.05) is 0 Å². The third-order valence-electron chi connectivity index (χ3n) is 2.82. The zero-order valence-corrected chi connectivity index (χ0v) is 9.41. The maximum absolute atomic E-state index is 10.7. The minimum atomic E-state index is -0.672. The number of carbonyl (C=O) groups is 1. The van der Waals surface area contributed by atoms with Gasteiger partial charge in [-0.05, 0) is 36.5 Å². The van der Waals surface area contributed by atoms with Crippen LogP contribution < -0.4 is 0 Å². The molecule has 1 aromatic carbocycles. The van der Waals surface area contributed by atoms with E-state index in [4.69, 9.17) is 5.11 Å². The van der Waals surface area contributed by atoms with Gasteiger partial charge < -0.3 is 5.11 Å². The Bertz CT molecular complexity index is 387. The van der Waals surface area contributed by atoms with Gasteiger partial charge >= 0.3 is 5.97 Å². The first-order chi connectivity index (χ1) is 6.61. The van der Waals surface area contributed by atoms with Gasteiger partial charge in [0.2, 0.25) is 0 Å². The summed E-state index contributed by atoms with van der Waals surface area (Å²) in [5, 5.41) is 8.83. The Morgan fingerprint density at radius 2 is 2.29 bits per heavy atom. The summed E-state index contributed by atoms with van der Waals surface area (Å²) >= 11 is 3.45.